The van der Waals surface area contributed by atoms with Crippen LogP contribution in [0.15, 0.2) is 52.0 Å². The fourth-order valence-electron chi connectivity index (χ4n) is 2.77. The zero-order valence-corrected chi connectivity index (χ0v) is 17.0. The molecule has 0 unspecified atom stereocenters. The van der Waals surface area contributed by atoms with E-state index in [2.05, 4.69) is 31.5 Å². The van der Waals surface area contributed by atoms with E-state index >= 15 is 0 Å². The Labute approximate surface area is 169 Å². The van der Waals surface area contributed by atoms with E-state index in [4.69, 9.17) is 0 Å². The fourth-order valence-corrected chi connectivity index (χ4v) is 3.01. The summed E-state index contributed by atoms with van der Waals surface area (Å²) in [5.41, 5.74) is 2.85. The quantitative estimate of drug-likeness (QED) is 0.634. The van der Waals surface area contributed by atoms with Crippen LogP contribution in [0.1, 0.15) is 11.1 Å². The molecule has 1 aromatic heterocycles. The zero-order chi connectivity index (χ0) is 20.3. The molecule has 3 rings (SSSR count). The summed E-state index contributed by atoms with van der Waals surface area (Å²) in [4.78, 5) is 40.9. The summed E-state index contributed by atoms with van der Waals surface area (Å²) < 4.78 is 2.18. The van der Waals surface area contributed by atoms with Crippen molar-refractivity contribution in [3.8, 4) is 0 Å². The van der Waals surface area contributed by atoms with E-state index < -0.39 is 5.91 Å². The molecular weight excluding hydrogens is 424 g/mol. The maximum atomic E-state index is 12.5. The van der Waals surface area contributed by atoms with Gasteiger partial charge < -0.3 is 10.6 Å². The number of nitrogens with zero attached hydrogens (tertiary/aromatic N) is 2. The number of aryl methyl sites for hydroxylation is 2. The Hall–Kier alpha value is -3.00. The summed E-state index contributed by atoms with van der Waals surface area (Å²) in [5.74, 6) is -0.798. The van der Waals surface area contributed by atoms with Gasteiger partial charge in [-0.3, -0.25) is 19.0 Å². The van der Waals surface area contributed by atoms with Crippen LogP contribution in [0.4, 0.5) is 5.69 Å². The number of anilines is 1. The number of benzene rings is 2. The number of fused-ring (bicyclic) bond motifs is 1. The minimum absolute atomic E-state index is 0.192. The molecule has 2 aromatic carbocycles. The number of aromatic nitrogens is 2. The van der Waals surface area contributed by atoms with Crippen molar-refractivity contribution in [2.24, 2.45) is 0 Å². The Morgan fingerprint density at radius 3 is 2.64 bits per heavy atom. The van der Waals surface area contributed by atoms with Crippen molar-refractivity contribution in [1.29, 1.82) is 0 Å². The van der Waals surface area contributed by atoms with Crippen LogP contribution >= 0.6 is 15.9 Å². The van der Waals surface area contributed by atoms with Crippen LogP contribution in [-0.4, -0.2) is 27.9 Å². The first-order valence-electron chi connectivity index (χ1n) is 8.62. The third-order valence-electron chi connectivity index (χ3n) is 4.26. The maximum absolute atomic E-state index is 12.5. The topological polar surface area (TPSA) is 93.1 Å². The molecule has 0 aliphatic rings. The maximum Gasteiger partial charge on any atom is 0.261 e. The fraction of sp³-hybridized carbons (Fsp3) is 0.200. The van der Waals surface area contributed by atoms with Gasteiger partial charge in [0.2, 0.25) is 11.8 Å². The van der Waals surface area contributed by atoms with Gasteiger partial charge in [-0.15, -0.1) is 0 Å². The Bertz CT molecular complexity index is 1120. The molecule has 7 nitrogen and oxygen atoms in total. The van der Waals surface area contributed by atoms with Gasteiger partial charge in [0.1, 0.15) is 6.54 Å². The van der Waals surface area contributed by atoms with Crippen LogP contribution in [-0.2, 0) is 16.1 Å². The lowest BCUT2D eigenvalue weighted by molar-refractivity contribution is -0.124. The molecule has 0 aliphatic heterocycles. The van der Waals surface area contributed by atoms with Gasteiger partial charge in [-0.2, -0.15) is 0 Å². The van der Waals surface area contributed by atoms with Crippen molar-refractivity contribution in [3.63, 3.8) is 0 Å². The van der Waals surface area contributed by atoms with Crippen molar-refractivity contribution in [2.45, 2.75) is 20.4 Å². The van der Waals surface area contributed by atoms with Gasteiger partial charge >= 0.3 is 0 Å². The van der Waals surface area contributed by atoms with E-state index in [1.807, 2.05) is 32.0 Å². The highest BCUT2D eigenvalue weighted by Crippen LogP contribution is 2.19. The van der Waals surface area contributed by atoms with Crippen molar-refractivity contribution in [1.82, 2.24) is 14.9 Å². The second kappa shape index (κ2) is 8.35. The first kappa shape index (κ1) is 19.8. The number of amides is 2. The Kier molecular flexibility index (Phi) is 5.89. The van der Waals surface area contributed by atoms with Gasteiger partial charge in [0.25, 0.3) is 5.56 Å². The minimum Gasteiger partial charge on any atom is -0.345 e. The summed E-state index contributed by atoms with van der Waals surface area (Å²) in [6, 6.07) is 10.8. The normalized spacial score (nSPS) is 10.7. The first-order valence-corrected chi connectivity index (χ1v) is 9.42. The molecule has 28 heavy (non-hydrogen) atoms. The summed E-state index contributed by atoms with van der Waals surface area (Å²) in [5, 5.41) is 5.69. The van der Waals surface area contributed by atoms with E-state index in [0.29, 0.717) is 16.6 Å². The van der Waals surface area contributed by atoms with Gasteiger partial charge in [-0.1, -0.05) is 28.1 Å². The number of rotatable bonds is 5. The summed E-state index contributed by atoms with van der Waals surface area (Å²) in [6.07, 6.45) is 1.35. The number of carbonyl (C=O) groups excluding carboxylic acids is 2. The predicted octanol–water partition coefficient (Wildman–Crippen LogP) is 2.53. The van der Waals surface area contributed by atoms with Crippen molar-refractivity contribution >= 4 is 44.3 Å². The largest absolute Gasteiger partial charge is 0.345 e. The van der Waals surface area contributed by atoms with E-state index in [0.717, 1.165) is 15.6 Å². The molecule has 144 valence electrons. The molecule has 1 heterocycles. The molecule has 0 atom stereocenters. The Morgan fingerprint density at radius 1 is 1.11 bits per heavy atom. The van der Waals surface area contributed by atoms with Gasteiger partial charge in [0, 0.05) is 10.2 Å². The number of nitrogens with one attached hydrogen (secondary N) is 2. The predicted molar refractivity (Wildman–Crippen MR) is 111 cm³/mol. The number of para-hydroxylation sites is 1. The molecule has 0 fully saturated rings. The van der Waals surface area contributed by atoms with Crippen LogP contribution in [0.2, 0.25) is 0 Å². The average molecular weight is 443 g/mol. The summed E-state index contributed by atoms with van der Waals surface area (Å²) in [6.45, 7) is 3.39. The Balaban J connectivity index is 1.60. The van der Waals surface area contributed by atoms with Crippen LogP contribution in [0, 0.1) is 13.8 Å². The van der Waals surface area contributed by atoms with Gasteiger partial charge in [0.05, 0.1) is 23.8 Å². The summed E-state index contributed by atoms with van der Waals surface area (Å²) in [7, 11) is 0. The molecule has 0 saturated heterocycles. The molecular formula is C20H19BrN4O3. The van der Waals surface area contributed by atoms with Gasteiger partial charge in [0.15, 0.2) is 0 Å². The molecule has 2 amide bonds. The molecule has 0 radical (unpaired) electrons. The zero-order valence-electron chi connectivity index (χ0n) is 15.5. The highest BCUT2D eigenvalue weighted by atomic mass is 79.9. The number of hydrogen-bond acceptors (Lipinski definition) is 4. The Morgan fingerprint density at radius 2 is 1.89 bits per heavy atom. The van der Waals surface area contributed by atoms with E-state index in [9.17, 15) is 14.4 Å². The molecule has 0 aliphatic carbocycles. The van der Waals surface area contributed by atoms with Crippen LogP contribution in [0.3, 0.4) is 0 Å². The third-order valence-corrected chi connectivity index (χ3v) is 5.15. The minimum atomic E-state index is -0.446. The van der Waals surface area contributed by atoms with Crippen LogP contribution < -0.4 is 16.2 Å². The second-order valence-electron chi connectivity index (χ2n) is 6.44. The molecule has 0 saturated carbocycles. The number of hydrogen-bond donors (Lipinski definition) is 2. The van der Waals surface area contributed by atoms with E-state index in [1.54, 1.807) is 18.2 Å². The molecule has 8 heteroatoms. The molecule has 2 N–H and O–H groups in total. The van der Waals surface area contributed by atoms with Crippen LogP contribution in [0.25, 0.3) is 10.9 Å². The highest BCUT2D eigenvalue weighted by Gasteiger charge is 2.11. The SMILES string of the molecule is Cc1cc(NC(=O)CNC(=O)Cn2cnc3c(C)cccc3c2=O)ccc1Br. The lowest BCUT2D eigenvalue weighted by Crippen LogP contribution is -2.37. The highest BCUT2D eigenvalue weighted by molar-refractivity contribution is 9.10. The smallest absolute Gasteiger partial charge is 0.261 e. The first-order chi connectivity index (χ1) is 13.3. The van der Waals surface area contributed by atoms with Gasteiger partial charge in [-0.05, 0) is 49.2 Å². The van der Waals surface area contributed by atoms with E-state index in [1.165, 1.54) is 10.9 Å². The van der Waals surface area contributed by atoms with Gasteiger partial charge in [-0.25, -0.2) is 4.98 Å². The average Bonchev–Trinajstić information content (AvgIpc) is 2.66. The van der Waals surface area contributed by atoms with Crippen molar-refractivity contribution < 1.29 is 9.59 Å². The molecule has 3 aromatic rings. The number of carbonyl (C=O) groups is 2. The third kappa shape index (κ3) is 4.45. The van der Waals surface area contributed by atoms with Crippen molar-refractivity contribution in [3.05, 3.63) is 68.7 Å². The standard InChI is InChI=1S/C20H19BrN4O3/c1-12-4-3-5-15-19(12)23-11-25(20(15)28)10-18(27)22-9-17(26)24-14-6-7-16(21)13(2)8-14/h3-8,11H,9-10H2,1-2H3,(H,22,27)(H,24,26). The monoisotopic (exact) mass is 442 g/mol. The molecule has 0 spiro atoms. The molecule has 0 bridgehead atoms. The number of halogens is 1. The van der Waals surface area contributed by atoms with E-state index in [-0.39, 0.29) is 24.6 Å². The lowest BCUT2D eigenvalue weighted by Gasteiger charge is -2.10. The summed E-state index contributed by atoms with van der Waals surface area (Å²) >= 11 is 3.40. The van der Waals surface area contributed by atoms with Crippen molar-refractivity contribution in [2.75, 3.05) is 11.9 Å². The second-order valence-corrected chi connectivity index (χ2v) is 7.29. The lowest BCUT2D eigenvalue weighted by atomic mass is 10.1. The van der Waals surface area contributed by atoms with Crippen LogP contribution in [0.5, 0.6) is 0 Å².